The summed E-state index contributed by atoms with van der Waals surface area (Å²) in [4.78, 5) is 23.7. The van der Waals surface area contributed by atoms with Gasteiger partial charge in [0.15, 0.2) is 0 Å². The van der Waals surface area contributed by atoms with E-state index < -0.39 is 0 Å². The molecule has 2 N–H and O–H groups in total. The fourth-order valence-corrected chi connectivity index (χ4v) is 2.65. The Balaban J connectivity index is 1.60. The van der Waals surface area contributed by atoms with Gasteiger partial charge in [-0.3, -0.25) is 9.59 Å². The minimum Gasteiger partial charge on any atom is -0.491 e. The first kappa shape index (κ1) is 16.1. The van der Waals surface area contributed by atoms with Crippen LogP contribution in [0.1, 0.15) is 23.1 Å². The third-order valence-electron chi connectivity index (χ3n) is 3.84. The van der Waals surface area contributed by atoms with Gasteiger partial charge in [0.25, 0.3) is 0 Å². The average Bonchev–Trinajstić information content (AvgIpc) is 2.73. The summed E-state index contributed by atoms with van der Waals surface area (Å²) in [6, 6.07) is 13.5. The Morgan fingerprint density at radius 2 is 2.08 bits per heavy atom. The number of anilines is 1. The highest BCUT2D eigenvalue weighted by Gasteiger charge is 2.14. The Labute approximate surface area is 141 Å². The molecule has 0 aromatic heterocycles. The van der Waals surface area contributed by atoms with Crippen molar-refractivity contribution in [3.63, 3.8) is 0 Å². The van der Waals surface area contributed by atoms with Crippen molar-refractivity contribution in [2.24, 2.45) is 0 Å². The molecule has 0 bridgehead atoms. The molecule has 124 valence electrons. The predicted octanol–water partition coefficient (Wildman–Crippen LogP) is 2.57. The van der Waals surface area contributed by atoms with Gasteiger partial charge < -0.3 is 15.4 Å². The van der Waals surface area contributed by atoms with Gasteiger partial charge in [0.05, 0.1) is 25.1 Å². The van der Waals surface area contributed by atoms with Crippen LogP contribution in [-0.4, -0.2) is 18.4 Å². The molecular formula is C19H20N2O3. The van der Waals surface area contributed by atoms with Crippen LogP contribution in [0.25, 0.3) is 0 Å². The molecule has 0 aliphatic carbocycles. The molecule has 0 radical (unpaired) electrons. The van der Waals surface area contributed by atoms with E-state index in [1.807, 2.05) is 49.4 Å². The third-order valence-corrected chi connectivity index (χ3v) is 3.84. The molecule has 1 aliphatic heterocycles. The molecule has 0 unspecified atom stereocenters. The molecule has 2 aromatic rings. The van der Waals surface area contributed by atoms with Crippen molar-refractivity contribution in [3.05, 3.63) is 59.2 Å². The van der Waals surface area contributed by atoms with E-state index in [2.05, 4.69) is 10.6 Å². The van der Waals surface area contributed by atoms with E-state index in [1.54, 1.807) is 0 Å². The number of nitrogens with one attached hydrogen (secondary N) is 2. The zero-order valence-corrected chi connectivity index (χ0v) is 13.6. The van der Waals surface area contributed by atoms with E-state index in [4.69, 9.17) is 4.74 Å². The monoisotopic (exact) mass is 324 g/mol. The van der Waals surface area contributed by atoms with E-state index in [1.165, 1.54) is 0 Å². The van der Waals surface area contributed by atoms with E-state index in [-0.39, 0.29) is 11.8 Å². The second kappa shape index (κ2) is 7.17. The van der Waals surface area contributed by atoms with Crippen molar-refractivity contribution < 1.29 is 14.3 Å². The zero-order chi connectivity index (χ0) is 16.9. The number of ether oxygens (including phenoxy) is 1. The Hall–Kier alpha value is -2.82. The molecule has 2 amide bonds. The quantitative estimate of drug-likeness (QED) is 0.908. The van der Waals surface area contributed by atoms with Crippen LogP contribution in [0.4, 0.5) is 5.69 Å². The molecule has 0 saturated heterocycles. The third kappa shape index (κ3) is 4.13. The minimum absolute atomic E-state index is 0.0316. The summed E-state index contributed by atoms with van der Waals surface area (Å²) in [6.45, 7) is 2.80. The number of amides is 2. The summed E-state index contributed by atoms with van der Waals surface area (Å²) >= 11 is 0. The number of aryl methyl sites for hydroxylation is 1. The maximum absolute atomic E-state index is 12.1. The van der Waals surface area contributed by atoms with Crippen molar-refractivity contribution in [1.82, 2.24) is 5.32 Å². The van der Waals surface area contributed by atoms with Crippen molar-refractivity contribution in [2.75, 3.05) is 11.9 Å². The number of benzene rings is 2. The standard InChI is InChI=1S/C19H20N2O3/c1-13-3-2-4-14(9-13)11-19(23)20-12-15-5-6-17-16(10-15)21-18(22)7-8-24-17/h2-6,9-10H,7-8,11-12H2,1H3,(H,20,23)(H,21,22). The Bertz CT molecular complexity index is 771. The average molecular weight is 324 g/mol. The molecule has 5 nitrogen and oxygen atoms in total. The van der Waals surface area contributed by atoms with Crippen molar-refractivity contribution >= 4 is 17.5 Å². The van der Waals surface area contributed by atoms with Gasteiger partial charge in [0.1, 0.15) is 5.75 Å². The van der Waals surface area contributed by atoms with E-state index in [9.17, 15) is 9.59 Å². The van der Waals surface area contributed by atoms with Gasteiger partial charge in [-0.05, 0) is 30.2 Å². The molecule has 0 spiro atoms. The molecule has 2 aromatic carbocycles. The Morgan fingerprint density at radius 1 is 1.21 bits per heavy atom. The number of carbonyl (C=O) groups is 2. The number of fused-ring (bicyclic) bond motifs is 1. The van der Waals surface area contributed by atoms with Crippen LogP contribution < -0.4 is 15.4 Å². The lowest BCUT2D eigenvalue weighted by molar-refractivity contribution is -0.120. The summed E-state index contributed by atoms with van der Waals surface area (Å²) < 4.78 is 5.52. The normalized spacial score (nSPS) is 13.3. The molecular weight excluding hydrogens is 304 g/mol. The highest BCUT2D eigenvalue weighted by atomic mass is 16.5. The van der Waals surface area contributed by atoms with Crippen LogP contribution in [0, 0.1) is 6.92 Å². The van der Waals surface area contributed by atoms with Crippen LogP contribution in [0.2, 0.25) is 0 Å². The highest BCUT2D eigenvalue weighted by molar-refractivity contribution is 5.93. The molecule has 0 saturated carbocycles. The number of hydrogen-bond acceptors (Lipinski definition) is 3. The number of hydrogen-bond donors (Lipinski definition) is 2. The van der Waals surface area contributed by atoms with Gasteiger partial charge in [-0.1, -0.05) is 35.9 Å². The lowest BCUT2D eigenvalue weighted by Crippen LogP contribution is -2.24. The lowest BCUT2D eigenvalue weighted by Gasteiger charge is -2.10. The summed E-state index contributed by atoms with van der Waals surface area (Å²) in [5.41, 5.74) is 3.71. The zero-order valence-electron chi connectivity index (χ0n) is 13.6. The first-order chi connectivity index (χ1) is 11.6. The summed E-state index contributed by atoms with van der Waals surface area (Å²) in [6.07, 6.45) is 0.698. The molecule has 3 rings (SSSR count). The Morgan fingerprint density at radius 3 is 2.92 bits per heavy atom. The van der Waals surface area contributed by atoms with Crippen molar-refractivity contribution in [2.45, 2.75) is 26.3 Å². The molecule has 24 heavy (non-hydrogen) atoms. The maximum atomic E-state index is 12.1. The van der Waals surface area contributed by atoms with Gasteiger partial charge in [0, 0.05) is 6.54 Å². The largest absolute Gasteiger partial charge is 0.491 e. The lowest BCUT2D eigenvalue weighted by atomic mass is 10.1. The van der Waals surface area contributed by atoms with Crippen LogP contribution in [0.5, 0.6) is 5.75 Å². The van der Waals surface area contributed by atoms with Crippen LogP contribution in [0.3, 0.4) is 0 Å². The van der Waals surface area contributed by atoms with E-state index >= 15 is 0 Å². The second-order valence-corrected chi connectivity index (χ2v) is 5.92. The fourth-order valence-electron chi connectivity index (χ4n) is 2.65. The van der Waals surface area contributed by atoms with Gasteiger partial charge in [0.2, 0.25) is 11.8 Å². The predicted molar refractivity (Wildman–Crippen MR) is 91.9 cm³/mol. The second-order valence-electron chi connectivity index (χ2n) is 5.92. The Kier molecular flexibility index (Phi) is 4.79. The summed E-state index contributed by atoms with van der Waals surface area (Å²) in [5, 5.41) is 5.73. The van der Waals surface area contributed by atoms with Crippen LogP contribution in [-0.2, 0) is 22.6 Å². The number of carbonyl (C=O) groups excluding carboxylic acids is 2. The molecule has 0 fully saturated rings. The summed E-state index contributed by atoms with van der Waals surface area (Å²) in [5.74, 6) is 0.570. The first-order valence-electron chi connectivity index (χ1n) is 7.98. The topological polar surface area (TPSA) is 67.4 Å². The molecule has 0 atom stereocenters. The molecule has 1 heterocycles. The van der Waals surface area contributed by atoms with Crippen LogP contribution in [0.15, 0.2) is 42.5 Å². The molecule has 5 heteroatoms. The van der Waals surface area contributed by atoms with Gasteiger partial charge in [-0.15, -0.1) is 0 Å². The van der Waals surface area contributed by atoms with E-state index in [0.29, 0.717) is 37.4 Å². The van der Waals surface area contributed by atoms with Gasteiger partial charge in [-0.2, -0.15) is 0 Å². The first-order valence-corrected chi connectivity index (χ1v) is 7.98. The van der Waals surface area contributed by atoms with Gasteiger partial charge in [-0.25, -0.2) is 0 Å². The molecule has 1 aliphatic rings. The van der Waals surface area contributed by atoms with Crippen molar-refractivity contribution in [1.29, 1.82) is 0 Å². The number of rotatable bonds is 4. The summed E-state index contributed by atoms with van der Waals surface area (Å²) in [7, 11) is 0. The smallest absolute Gasteiger partial charge is 0.227 e. The minimum atomic E-state index is -0.0608. The van der Waals surface area contributed by atoms with E-state index in [0.717, 1.165) is 16.7 Å². The van der Waals surface area contributed by atoms with Gasteiger partial charge >= 0.3 is 0 Å². The highest BCUT2D eigenvalue weighted by Crippen LogP contribution is 2.28. The maximum Gasteiger partial charge on any atom is 0.227 e. The van der Waals surface area contributed by atoms with Crippen LogP contribution >= 0.6 is 0 Å². The SMILES string of the molecule is Cc1cccc(CC(=O)NCc2ccc3c(c2)NC(=O)CCO3)c1. The fraction of sp³-hybridized carbons (Fsp3) is 0.263. The van der Waals surface area contributed by atoms with Crippen molar-refractivity contribution in [3.8, 4) is 5.75 Å².